The van der Waals surface area contributed by atoms with E-state index in [1.54, 1.807) is 0 Å². The number of para-hydroxylation sites is 1. The molecule has 2 aromatic rings. The van der Waals surface area contributed by atoms with Crippen LogP contribution in [-0.2, 0) is 0 Å². The van der Waals surface area contributed by atoms with Gasteiger partial charge in [0.1, 0.15) is 5.82 Å². The van der Waals surface area contributed by atoms with E-state index in [-0.39, 0.29) is 5.56 Å². The molecule has 0 aliphatic heterocycles. The Morgan fingerprint density at radius 2 is 2.05 bits per heavy atom. The number of hydrogen-bond acceptors (Lipinski definition) is 4. The highest BCUT2D eigenvalue weighted by atomic mass is 127. The van der Waals surface area contributed by atoms with Crippen LogP contribution in [0.5, 0.6) is 5.75 Å². The summed E-state index contributed by atoms with van der Waals surface area (Å²) in [5.74, 6) is -1.88. The van der Waals surface area contributed by atoms with Crippen LogP contribution in [0.4, 0.5) is 15.8 Å². The lowest BCUT2D eigenvalue weighted by Crippen LogP contribution is -2.13. The van der Waals surface area contributed by atoms with E-state index >= 15 is 0 Å². The number of amides is 1. The predicted octanol–water partition coefficient (Wildman–Crippen LogP) is 3.30. The summed E-state index contributed by atoms with van der Waals surface area (Å²) in [6.07, 6.45) is 0. The lowest BCUT2D eigenvalue weighted by atomic mass is 10.1. The van der Waals surface area contributed by atoms with Crippen LogP contribution in [0.25, 0.3) is 0 Å². The smallest absolute Gasteiger partial charge is 0.311 e. The maximum absolute atomic E-state index is 13.0. The number of benzene rings is 2. The van der Waals surface area contributed by atoms with Crippen LogP contribution in [0, 0.1) is 19.5 Å². The number of carbonyl (C=O) groups is 1. The molecule has 0 atom stereocenters. The highest BCUT2D eigenvalue weighted by Gasteiger charge is 2.21. The van der Waals surface area contributed by atoms with Gasteiger partial charge in [-0.3, -0.25) is 14.9 Å². The number of nitrogens with zero attached hydrogens (tertiary/aromatic N) is 1. The molecule has 21 heavy (non-hydrogen) atoms. The Bertz CT molecular complexity index is 736. The number of rotatable bonds is 3. The molecule has 6 nitrogen and oxygen atoms in total. The van der Waals surface area contributed by atoms with Crippen LogP contribution in [-0.4, -0.2) is 15.9 Å². The van der Waals surface area contributed by atoms with Crippen molar-refractivity contribution in [3.05, 3.63) is 61.5 Å². The molecule has 0 unspecified atom stereocenters. The number of carbonyl (C=O) groups excluding carboxylic acids is 1. The number of phenols is 1. The third kappa shape index (κ3) is 3.27. The fourth-order valence-electron chi connectivity index (χ4n) is 1.64. The zero-order valence-electron chi connectivity index (χ0n) is 10.3. The molecule has 0 aliphatic rings. The number of phenolic OH excluding ortho intramolecular Hbond substituents is 1. The minimum Gasteiger partial charge on any atom is -0.502 e. The molecule has 0 radical (unpaired) electrons. The summed E-state index contributed by atoms with van der Waals surface area (Å²) >= 11 is 1.84. The van der Waals surface area contributed by atoms with Gasteiger partial charge in [-0.1, -0.05) is 6.07 Å². The average molecular weight is 402 g/mol. The Hall–Kier alpha value is -2.23. The molecule has 2 rings (SSSR count). The number of halogens is 2. The third-order valence-corrected chi connectivity index (χ3v) is 3.53. The first-order valence-corrected chi connectivity index (χ1v) is 6.71. The number of hydrogen-bond donors (Lipinski definition) is 2. The Balaban J connectivity index is 2.33. The summed E-state index contributed by atoms with van der Waals surface area (Å²) in [6.45, 7) is 0. The fourth-order valence-corrected chi connectivity index (χ4v) is 2.25. The average Bonchev–Trinajstić information content (AvgIpc) is 2.41. The zero-order chi connectivity index (χ0) is 15.6. The largest absolute Gasteiger partial charge is 0.502 e. The second kappa shape index (κ2) is 6.04. The molecule has 0 bridgehead atoms. The van der Waals surface area contributed by atoms with Crippen LogP contribution >= 0.6 is 22.6 Å². The first kappa shape index (κ1) is 15.2. The fraction of sp³-hybridized carbons (Fsp3) is 0. The van der Waals surface area contributed by atoms with Crippen molar-refractivity contribution in [3.8, 4) is 5.75 Å². The standard InChI is InChI=1S/C13H8FIN2O4/c14-7-4-5-10(9(15)6-7)16-13(19)8-2-1-3-11(12(8)18)17(20)21/h1-6,18H,(H,16,19). The van der Waals surface area contributed by atoms with Crippen molar-refractivity contribution < 1.29 is 19.2 Å². The van der Waals surface area contributed by atoms with Gasteiger partial charge in [-0.05, 0) is 46.9 Å². The molecular formula is C13H8FIN2O4. The zero-order valence-corrected chi connectivity index (χ0v) is 12.5. The van der Waals surface area contributed by atoms with Crippen molar-refractivity contribution in [3.63, 3.8) is 0 Å². The van der Waals surface area contributed by atoms with Crippen LogP contribution in [0.3, 0.4) is 0 Å². The lowest BCUT2D eigenvalue weighted by molar-refractivity contribution is -0.385. The number of nitrogens with one attached hydrogen (secondary N) is 1. The van der Waals surface area contributed by atoms with Gasteiger partial charge >= 0.3 is 5.69 Å². The maximum Gasteiger partial charge on any atom is 0.311 e. The topological polar surface area (TPSA) is 92.5 Å². The Labute approximate surface area is 131 Å². The van der Waals surface area contributed by atoms with E-state index in [1.807, 2.05) is 22.6 Å². The van der Waals surface area contributed by atoms with Crippen LogP contribution in [0.2, 0.25) is 0 Å². The van der Waals surface area contributed by atoms with Gasteiger partial charge in [-0.2, -0.15) is 0 Å². The van der Waals surface area contributed by atoms with Crippen LogP contribution in [0.15, 0.2) is 36.4 Å². The van der Waals surface area contributed by atoms with Crippen molar-refractivity contribution in [1.82, 2.24) is 0 Å². The molecule has 1 amide bonds. The molecule has 0 aromatic heterocycles. The molecular weight excluding hydrogens is 394 g/mol. The van der Waals surface area contributed by atoms with Gasteiger partial charge in [-0.25, -0.2) is 4.39 Å². The maximum atomic E-state index is 13.0. The van der Waals surface area contributed by atoms with E-state index in [0.717, 1.165) is 6.07 Å². The molecule has 0 aliphatic carbocycles. The highest BCUT2D eigenvalue weighted by molar-refractivity contribution is 14.1. The molecule has 8 heteroatoms. The van der Waals surface area contributed by atoms with Gasteiger partial charge in [0, 0.05) is 9.64 Å². The van der Waals surface area contributed by atoms with Crippen molar-refractivity contribution in [2.45, 2.75) is 0 Å². The quantitative estimate of drug-likeness (QED) is 0.468. The summed E-state index contributed by atoms with van der Waals surface area (Å²) in [4.78, 5) is 22.0. The monoisotopic (exact) mass is 402 g/mol. The van der Waals surface area contributed by atoms with Crippen LogP contribution < -0.4 is 5.32 Å². The van der Waals surface area contributed by atoms with Gasteiger partial charge in [0.05, 0.1) is 16.2 Å². The van der Waals surface area contributed by atoms with Crippen molar-refractivity contribution in [2.75, 3.05) is 5.32 Å². The first-order valence-electron chi connectivity index (χ1n) is 5.63. The molecule has 2 aromatic carbocycles. The van der Waals surface area contributed by atoms with E-state index in [2.05, 4.69) is 5.32 Å². The third-order valence-electron chi connectivity index (χ3n) is 2.64. The predicted molar refractivity (Wildman–Crippen MR) is 81.8 cm³/mol. The summed E-state index contributed by atoms with van der Waals surface area (Å²) in [6, 6.07) is 7.40. The van der Waals surface area contributed by atoms with Gasteiger partial charge in [-0.15, -0.1) is 0 Å². The van der Waals surface area contributed by atoms with Crippen molar-refractivity contribution >= 4 is 39.9 Å². The summed E-state index contributed by atoms with van der Waals surface area (Å²) in [7, 11) is 0. The SMILES string of the molecule is O=C(Nc1ccc(F)cc1I)c1cccc([N+](=O)[O-])c1O. The molecule has 108 valence electrons. The number of nitro benzene ring substituents is 1. The van der Waals surface area contributed by atoms with Crippen LogP contribution in [0.1, 0.15) is 10.4 Å². The summed E-state index contributed by atoms with van der Waals surface area (Å²) in [5, 5.41) is 22.9. The van der Waals surface area contributed by atoms with Crippen molar-refractivity contribution in [2.24, 2.45) is 0 Å². The number of aromatic hydroxyl groups is 1. The summed E-state index contributed by atoms with van der Waals surface area (Å²) in [5.41, 5.74) is -0.450. The Kier molecular flexibility index (Phi) is 4.36. The first-order chi connectivity index (χ1) is 9.90. The van der Waals surface area contributed by atoms with E-state index in [4.69, 9.17) is 0 Å². The molecule has 0 saturated heterocycles. The van der Waals surface area contributed by atoms with Gasteiger partial charge in [0.25, 0.3) is 5.91 Å². The van der Waals surface area contributed by atoms with E-state index in [0.29, 0.717) is 9.26 Å². The van der Waals surface area contributed by atoms with E-state index in [9.17, 15) is 24.4 Å². The Morgan fingerprint density at radius 1 is 1.33 bits per heavy atom. The minimum atomic E-state index is -0.784. The van der Waals surface area contributed by atoms with Gasteiger partial charge in [0.15, 0.2) is 0 Å². The molecule has 0 spiro atoms. The van der Waals surface area contributed by atoms with Crippen molar-refractivity contribution in [1.29, 1.82) is 0 Å². The molecule has 2 N–H and O–H groups in total. The molecule has 0 fully saturated rings. The lowest BCUT2D eigenvalue weighted by Gasteiger charge is -2.08. The Morgan fingerprint density at radius 3 is 2.67 bits per heavy atom. The van der Waals surface area contributed by atoms with Gasteiger partial charge < -0.3 is 10.4 Å². The van der Waals surface area contributed by atoms with Gasteiger partial charge in [0.2, 0.25) is 5.75 Å². The summed E-state index contributed by atoms with van der Waals surface area (Å²) < 4.78 is 13.4. The molecule has 0 heterocycles. The normalized spacial score (nSPS) is 10.2. The second-order valence-electron chi connectivity index (χ2n) is 4.01. The number of nitro groups is 1. The van der Waals surface area contributed by atoms with E-state index in [1.165, 1.54) is 30.3 Å². The minimum absolute atomic E-state index is 0.232. The van der Waals surface area contributed by atoms with E-state index < -0.39 is 28.1 Å². The highest BCUT2D eigenvalue weighted by Crippen LogP contribution is 2.30. The number of anilines is 1. The second-order valence-corrected chi connectivity index (χ2v) is 5.17. The molecule has 0 saturated carbocycles.